The third kappa shape index (κ3) is 11.8. The summed E-state index contributed by atoms with van der Waals surface area (Å²) in [6.07, 6.45) is -0.286. The lowest BCUT2D eigenvalue weighted by Gasteiger charge is -2.18. The summed E-state index contributed by atoms with van der Waals surface area (Å²) in [5.74, 6) is 0.205. The number of aromatic nitrogens is 6. The van der Waals surface area contributed by atoms with Gasteiger partial charge in [-0.1, -0.05) is 55.5 Å². The molecule has 4 rings (SSSR count). The topological polar surface area (TPSA) is 249 Å². The second kappa shape index (κ2) is 19.3. The first kappa shape index (κ1) is 40.9. The number of tetrazole rings is 1. The molecule has 0 spiro atoms. The van der Waals surface area contributed by atoms with Gasteiger partial charge in [0.25, 0.3) is 0 Å². The van der Waals surface area contributed by atoms with Gasteiger partial charge in [-0.15, -0.1) is 15.0 Å². The number of carbonyl (C=O) groups excluding carboxylic acids is 2. The molecule has 2 heterocycles. The molecule has 4 aromatic rings. The van der Waals surface area contributed by atoms with E-state index >= 15 is 0 Å². The number of aryl methyl sites for hydroxylation is 1. The molecule has 2 aromatic heterocycles. The summed E-state index contributed by atoms with van der Waals surface area (Å²) < 4.78 is 17.4. The van der Waals surface area contributed by atoms with Gasteiger partial charge in [0.05, 0.1) is 37.2 Å². The molecule has 0 fully saturated rings. The zero-order valence-electron chi connectivity index (χ0n) is 29.7. The van der Waals surface area contributed by atoms with Crippen LogP contribution in [0, 0.1) is 0 Å². The van der Waals surface area contributed by atoms with Gasteiger partial charge >= 0.3 is 12.1 Å². The number of hydrogen-bond acceptors (Lipinski definition) is 18. The molecule has 0 bridgehead atoms. The van der Waals surface area contributed by atoms with Gasteiger partial charge in [-0.3, -0.25) is 30.5 Å². The Bertz CT molecular complexity index is 1770. The zero-order chi connectivity index (χ0) is 38.5. The Labute approximate surface area is 304 Å². The van der Waals surface area contributed by atoms with Crippen LogP contribution in [-0.4, -0.2) is 105 Å². The summed E-state index contributed by atoms with van der Waals surface area (Å²) in [4.78, 5) is 40.2. The molecule has 5 N–H and O–H groups in total. The lowest BCUT2D eigenvalue weighted by atomic mass is 9.98. The summed E-state index contributed by atoms with van der Waals surface area (Å²) in [5.41, 5.74) is 2.01. The van der Waals surface area contributed by atoms with Crippen LogP contribution in [0.1, 0.15) is 80.8 Å². The highest BCUT2D eigenvalue weighted by Gasteiger charge is 2.32. The molecule has 0 radical (unpaired) electrons. The van der Waals surface area contributed by atoms with Crippen LogP contribution >= 0.6 is 0 Å². The molecule has 288 valence electrons. The molecule has 0 saturated carbocycles. The average molecular weight is 745 g/mol. The average Bonchev–Trinajstić information content (AvgIpc) is 3.74. The fraction of sp³-hybridized carbons (Fsp3) is 0.455. The van der Waals surface area contributed by atoms with Gasteiger partial charge in [0.2, 0.25) is 12.1 Å². The van der Waals surface area contributed by atoms with Gasteiger partial charge in [-0.2, -0.15) is 0 Å². The Kier molecular flexibility index (Phi) is 14.8. The van der Waals surface area contributed by atoms with E-state index in [0.717, 1.165) is 27.9 Å². The maximum Gasteiger partial charge on any atom is 0.510 e. The minimum Gasteiger partial charge on any atom is -0.461 e. The van der Waals surface area contributed by atoms with E-state index in [1.807, 2.05) is 55.5 Å². The Morgan fingerprint density at radius 2 is 1.51 bits per heavy atom. The SMILES string of the molecule is CCCc1nc(C(C)(C)O)c(C(=O)OCCCON(O)O)n1Cc1ccc(-c2ccccc2-c2nnn(C(C)OC(=O)OCCCON(O)O)n2)cc1. The fourth-order valence-electron chi connectivity index (χ4n) is 5.13. The third-order valence-electron chi connectivity index (χ3n) is 7.53. The number of carbonyl (C=O) groups is 2. The van der Waals surface area contributed by atoms with Crippen molar-refractivity contribution in [3.8, 4) is 22.5 Å². The standard InChI is InChI=1S/C33H44N8O12/c1-5-10-27-34-29(33(3,4)44)28(31(42)49-17-8-19-51-40(45)46)38(27)21-23-13-15-24(16-14-23)25-11-6-7-12-26(25)30-35-37-39(36-30)22(2)53-32(43)50-18-9-20-52-41(47)48/h6-7,11-16,22,44-48H,5,8-10,17-21H2,1-4H3. The smallest absolute Gasteiger partial charge is 0.461 e. The van der Waals surface area contributed by atoms with Crippen molar-refractivity contribution in [3.63, 3.8) is 0 Å². The van der Waals surface area contributed by atoms with Crippen LogP contribution in [0.15, 0.2) is 48.5 Å². The van der Waals surface area contributed by atoms with Crippen LogP contribution in [0.4, 0.5) is 4.79 Å². The second-order valence-electron chi connectivity index (χ2n) is 12.1. The maximum atomic E-state index is 13.4. The van der Waals surface area contributed by atoms with Crippen molar-refractivity contribution >= 4 is 12.1 Å². The molecule has 1 atom stereocenters. The summed E-state index contributed by atoms with van der Waals surface area (Å²) in [6.45, 7) is 6.50. The normalized spacial score (nSPS) is 12.4. The number of benzene rings is 2. The predicted molar refractivity (Wildman–Crippen MR) is 179 cm³/mol. The highest BCUT2D eigenvalue weighted by Crippen LogP contribution is 2.31. The van der Waals surface area contributed by atoms with Crippen molar-refractivity contribution in [1.29, 1.82) is 0 Å². The lowest BCUT2D eigenvalue weighted by Crippen LogP contribution is -2.24. The van der Waals surface area contributed by atoms with Gasteiger partial charge in [0.1, 0.15) is 17.1 Å². The summed E-state index contributed by atoms with van der Waals surface area (Å²) in [5, 5.41) is 57.2. The number of esters is 1. The van der Waals surface area contributed by atoms with E-state index in [2.05, 4.69) is 30.1 Å². The van der Waals surface area contributed by atoms with Crippen LogP contribution in [-0.2, 0) is 42.5 Å². The third-order valence-corrected chi connectivity index (χ3v) is 7.53. The molecule has 0 aliphatic heterocycles. The molecule has 0 amide bonds. The van der Waals surface area contributed by atoms with E-state index in [9.17, 15) is 14.7 Å². The minimum atomic E-state index is -1.45. The number of ether oxygens (including phenoxy) is 3. The van der Waals surface area contributed by atoms with Crippen molar-refractivity contribution in [2.24, 2.45) is 0 Å². The molecule has 1 unspecified atom stereocenters. The molecule has 20 heteroatoms. The van der Waals surface area contributed by atoms with E-state index in [1.54, 1.807) is 18.4 Å². The second-order valence-corrected chi connectivity index (χ2v) is 12.1. The number of aliphatic hydroxyl groups is 1. The van der Waals surface area contributed by atoms with Crippen molar-refractivity contribution < 1.29 is 59.4 Å². The van der Waals surface area contributed by atoms with E-state index < -0.39 is 34.7 Å². The van der Waals surface area contributed by atoms with Crippen LogP contribution in [0.3, 0.4) is 0 Å². The van der Waals surface area contributed by atoms with Crippen molar-refractivity contribution in [2.45, 2.75) is 71.8 Å². The highest BCUT2D eigenvalue weighted by atomic mass is 17.1. The molecule has 0 aliphatic rings. The Hall–Kier alpha value is -4.90. The van der Waals surface area contributed by atoms with Crippen LogP contribution < -0.4 is 0 Å². The molecule has 20 nitrogen and oxygen atoms in total. The van der Waals surface area contributed by atoms with Gasteiger partial charge < -0.3 is 23.9 Å². The van der Waals surface area contributed by atoms with E-state index in [0.29, 0.717) is 17.8 Å². The predicted octanol–water partition coefficient (Wildman–Crippen LogP) is 4.06. The fourth-order valence-corrected chi connectivity index (χ4v) is 5.13. The van der Waals surface area contributed by atoms with Crippen molar-refractivity contribution in [2.75, 3.05) is 26.4 Å². The summed E-state index contributed by atoms with van der Waals surface area (Å²) in [6, 6.07) is 15.1. The molecule has 2 aromatic carbocycles. The highest BCUT2D eigenvalue weighted by molar-refractivity contribution is 5.89. The number of rotatable bonds is 20. The van der Waals surface area contributed by atoms with E-state index in [4.69, 9.17) is 35.0 Å². The Morgan fingerprint density at radius 1 is 0.887 bits per heavy atom. The van der Waals surface area contributed by atoms with Crippen LogP contribution in [0.5, 0.6) is 0 Å². The number of nitrogens with zero attached hydrogens (tertiary/aromatic N) is 8. The number of imidazole rings is 1. The molecule has 0 aliphatic carbocycles. The Balaban J connectivity index is 1.50. The maximum absolute atomic E-state index is 13.4. The van der Waals surface area contributed by atoms with E-state index in [1.165, 1.54) is 6.92 Å². The first-order chi connectivity index (χ1) is 25.3. The van der Waals surface area contributed by atoms with Gasteiger partial charge in [0, 0.05) is 31.4 Å². The first-order valence-electron chi connectivity index (χ1n) is 16.7. The summed E-state index contributed by atoms with van der Waals surface area (Å²) in [7, 11) is 0. The zero-order valence-corrected chi connectivity index (χ0v) is 29.7. The quantitative estimate of drug-likeness (QED) is 0.0486. The van der Waals surface area contributed by atoms with Crippen molar-refractivity contribution in [1.82, 2.24) is 40.5 Å². The monoisotopic (exact) mass is 744 g/mol. The molecular weight excluding hydrogens is 700 g/mol. The Morgan fingerprint density at radius 3 is 2.11 bits per heavy atom. The number of hydrogen-bond donors (Lipinski definition) is 5. The molecular formula is C33H44N8O12. The van der Waals surface area contributed by atoms with Crippen LogP contribution in [0.25, 0.3) is 22.5 Å². The first-order valence-corrected chi connectivity index (χ1v) is 16.7. The summed E-state index contributed by atoms with van der Waals surface area (Å²) >= 11 is 0. The van der Waals surface area contributed by atoms with Gasteiger partial charge in [0.15, 0.2) is 5.69 Å². The van der Waals surface area contributed by atoms with Crippen molar-refractivity contribution in [3.05, 3.63) is 71.3 Å². The van der Waals surface area contributed by atoms with Crippen LogP contribution in [0.2, 0.25) is 0 Å². The molecule has 0 saturated heterocycles. The molecule has 53 heavy (non-hydrogen) atoms. The van der Waals surface area contributed by atoms with Gasteiger partial charge in [-0.25, -0.2) is 14.6 Å². The lowest BCUT2D eigenvalue weighted by molar-refractivity contribution is -0.493. The van der Waals surface area contributed by atoms with E-state index in [-0.39, 0.29) is 63.0 Å². The minimum absolute atomic E-state index is 0.0732. The largest absolute Gasteiger partial charge is 0.510 e. The van der Waals surface area contributed by atoms with Gasteiger partial charge in [-0.05, 0) is 49.1 Å².